The number of nitrogens with zero attached hydrogens (tertiary/aromatic N) is 2. The van der Waals surface area contributed by atoms with Gasteiger partial charge >= 0.3 is 0 Å². The summed E-state index contributed by atoms with van der Waals surface area (Å²) < 4.78 is 6.42. The Bertz CT molecular complexity index is 503. The molecule has 96 valence electrons. The molecule has 0 bridgehead atoms. The van der Waals surface area contributed by atoms with Gasteiger partial charge in [-0.3, -0.25) is 0 Å². The van der Waals surface area contributed by atoms with Crippen LogP contribution in [0.4, 0.5) is 0 Å². The average Bonchev–Trinajstić information content (AvgIpc) is 2.85. The van der Waals surface area contributed by atoms with Gasteiger partial charge in [0.05, 0.1) is 12.7 Å². The molecule has 1 unspecified atom stereocenters. The number of halogens is 1. The molecule has 0 fully saturated rings. The standard InChI is InChI=1S/C11H11BrN2O3S/c12-8-3-1-7(2-4-8)10-13-14-11(17-10)18-6-9(16)5-15/h1-4,9,15-16H,5-6H2. The Morgan fingerprint density at radius 2 is 2.00 bits per heavy atom. The Morgan fingerprint density at radius 3 is 2.67 bits per heavy atom. The third kappa shape index (κ3) is 3.55. The summed E-state index contributed by atoms with van der Waals surface area (Å²) in [6, 6.07) is 7.52. The molecule has 18 heavy (non-hydrogen) atoms. The Morgan fingerprint density at radius 1 is 1.28 bits per heavy atom. The summed E-state index contributed by atoms with van der Waals surface area (Å²) in [5, 5.41) is 26.1. The van der Waals surface area contributed by atoms with Gasteiger partial charge < -0.3 is 14.6 Å². The molecule has 5 nitrogen and oxygen atoms in total. The van der Waals surface area contributed by atoms with Gasteiger partial charge in [0.2, 0.25) is 5.89 Å². The summed E-state index contributed by atoms with van der Waals surface area (Å²) in [5.41, 5.74) is 0.834. The molecule has 7 heteroatoms. The lowest BCUT2D eigenvalue weighted by atomic mass is 10.2. The molecule has 1 atom stereocenters. The zero-order chi connectivity index (χ0) is 13.0. The molecule has 0 spiro atoms. The molecule has 1 heterocycles. The van der Waals surface area contributed by atoms with Crippen molar-refractivity contribution in [3.63, 3.8) is 0 Å². The van der Waals surface area contributed by atoms with E-state index < -0.39 is 6.10 Å². The molecule has 1 aromatic carbocycles. The first-order valence-corrected chi connectivity index (χ1v) is 6.98. The monoisotopic (exact) mass is 330 g/mol. The van der Waals surface area contributed by atoms with Crippen molar-refractivity contribution >= 4 is 27.7 Å². The van der Waals surface area contributed by atoms with E-state index in [0.29, 0.717) is 16.9 Å². The number of rotatable bonds is 5. The minimum absolute atomic E-state index is 0.277. The molecular formula is C11H11BrN2O3S. The van der Waals surface area contributed by atoms with E-state index in [2.05, 4.69) is 26.1 Å². The fourth-order valence-electron chi connectivity index (χ4n) is 1.20. The van der Waals surface area contributed by atoms with Crippen molar-refractivity contribution in [1.82, 2.24) is 10.2 Å². The van der Waals surface area contributed by atoms with Crippen molar-refractivity contribution in [3.8, 4) is 11.5 Å². The van der Waals surface area contributed by atoms with Crippen molar-refractivity contribution in [2.45, 2.75) is 11.3 Å². The average molecular weight is 331 g/mol. The van der Waals surface area contributed by atoms with Crippen molar-refractivity contribution in [3.05, 3.63) is 28.7 Å². The number of aliphatic hydroxyl groups excluding tert-OH is 2. The lowest BCUT2D eigenvalue weighted by molar-refractivity contribution is 0.113. The van der Waals surface area contributed by atoms with Crippen LogP contribution in [0.15, 0.2) is 38.4 Å². The first-order valence-electron chi connectivity index (χ1n) is 5.20. The van der Waals surface area contributed by atoms with Gasteiger partial charge in [0.15, 0.2) is 0 Å². The Kier molecular flexibility index (Phi) is 4.76. The number of benzene rings is 1. The summed E-state index contributed by atoms with van der Waals surface area (Å²) in [6.45, 7) is -0.277. The second-order valence-corrected chi connectivity index (χ2v) is 5.41. The minimum Gasteiger partial charge on any atom is -0.411 e. The van der Waals surface area contributed by atoms with E-state index in [4.69, 9.17) is 9.52 Å². The highest BCUT2D eigenvalue weighted by Gasteiger charge is 2.11. The minimum atomic E-state index is -0.780. The second-order valence-electron chi connectivity index (χ2n) is 3.53. The molecule has 2 aromatic rings. The van der Waals surface area contributed by atoms with Crippen LogP contribution in [0.2, 0.25) is 0 Å². The summed E-state index contributed by atoms with van der Waals surface area (Å²) >= 11 is 4.56. The second kappa shape index (κ2) is 6.33. The molecule has 1 aromatic heterocycles. The number of aromatic nitrogens is 2. The number of hydrogen-bond donors (Lipinski definition) is 2. The Labute approximate surface area is 116 Å². The number of hydrogen-bond acceptors (Lipinski definition) is 6. The summed E-state index contributed by atoms with van der Waals surface area (Å²) in [6.07, 6.45) is -0.780. The zero-order valence-electron chi connectivity index (χ0n) is 9.28. The summed E-state index contributed by atoms with van der Waals surface area (Å²) in [7, 11) is 0. The lowest BCUT2D eigenvalue weighted by Gasteiger charge is -2.02. The molecule has 0 saturated carbocycles. The first-order chi connectivity index (χ1) is 8.69. The summed E-state index contributed by atoms with van der Waals surface area (Å²) in [5.74, 6) is 0.752. The smallest absolute Gasteiger partial charge is 0.276 e. The number of thioether (sulfide) groups is 1. The van der Waals surface area contributed by atoms with E-state index in [1.165, 1.54) is 11.8 Å². The van der Waals surface area contributed by atoms with E-state index in [1.807, 2.05) is 24.3 Å². The van der Waals surface area contributed by atoms with E-state index in [0.717, 1.165) is 10.0 Å². The lowest BCUT2D eigenvalue weighted by Crippen LogP contribution is -2.14. The van der Waals surface area contributed by atoms with Crippen LogP contribution in [0.1, 0.15) is 0 Å². The van der Waals surface area contributed by atoms with Crippen LogP contribution < -0.4 is 0 Å². The van der Waals surface area contributed by atoms with E-state index in [1.54, 1.807) is 0 Å². The molecule has 0 amide bonds. The highest BCUT2D eigenvalue weighted by atomic mass is 79.9. The van der Waals surface area contributed by atoms with Gasteiger partial charge in [0, 0.05) is 15.8 Å². The molecule has 0 radical (unpaired) electrons. The molecular weight excluding hydrogens is 320 g/mol. The van der Waals surface area contributed by atoms with Crippen LogP contribution >= 0.6 is 27.7 Å². The van der Waals surface area contributed by atoms with Gasteiger partial charge in [-0.05, 0) is 24.3 Å². The van der Waals surface area contributed by atoms with Crippen LogP contribution in [-0.4, -0.2) is 38.9 Å². The van der Waals surface area contributed by atoms with Gasteiger partial charge in [-0.2, -0.15) is 0 Å². The fraction of sp³-hybridized carbons (Fsp3) is 0.273. The third-order valence-corrected chi connectivity index (χ3v) is 3.60. The maximum absolute atomic E-state index is 9.21. The maximum atomic E-state index is 9.21. The van der Waals surface area contributed by atoms with Gasteiger partial charge in [0.25, 0.3) is 5.22 Å². The van der Waals surface area contributed by atoms with Gasteiger partial charge in [0.1, 0.15) is 0 Å². The molecule has 0 aliphatic carbocycles. The molecule has 0 saturated heterocycles. The van der Waals surface area contributed by atoms with Crippen LogP contribution in [0.25, 0.3) is 11.5 Å². The van der Waals surface area contributed by atoms with E-state index in [9.17, 15) is 5.11 Å². The maximum Gasteiger partial charge on any atom is 0.276 e. The van der Waals surface area contributed by atoms with Crippen molar-refractivity contribution < 1.29 is 14.6 Å². The van der Waals surface area contributed by atoms with Crippen LogP contribution in [-0.2, 0) is 0 Å². The molecule has 2 rings (SSSR count). The van der Waals surface area contributed by atoms with E-state index in [-0.39, 0.29) is 6.61 Å². The fourth-order valence-corrected chi connectivity index (χ4v) is 2.14. The van der Waals surface area contributed by atoms with Gasteiger partial charge in [-0.25, -0.2) is 0 Å². The first kappa shape index (κ1) is 13.5. The van der Waals surface area contributed by atoms with Crippen molar-refractivity contribution in [2.24, 2.45) is 0 Å². The van der Waals surface area contributed by atoms with Crippen LogP contribution in [0.5, 0.6) is 0 Å². The summed E-state index contributed by atoms with van der Waals surface area (Å²) in [4.78, 5) is 0. The SMILES string of the molecule is OCC(O)CSc1nnc(-c2ccc(Br)cc2)o1. The molecule has 0 aliphatic heterocycles. The van der Waals surface area contributed by atoms with Gasteiger partial charge in [-0.1, -0.05) is 27.7 Å². The largest absolute Gasteiger partial charge is 0.411 e. The molecule has 2 N–H and O–H groups in total. The van der Waals surface area contributed by atoms with Crippen molar-refractivity contribution in [2.75, 3.05) is 12.4 Å². The normalized spacial score (nSPS) is 12.6. The molecule has 0 aliphatic rings. The van der Waals surface area contributed by atoms with E-state index >= 15 is 0 Å². The zero-order valence-corrected chi connectivity index (χ0v) is 11.7. The Hall–Kier alpha value is -0.890. The van der Waals surface area contributed by atoms with Crippen molar-refractivity contribution in [1.29, 1.82) is 0 Å². The van der Waals surface area contributed by atoms with Gasteiger partial charge in [-0.15, -0.1) is 10.2 Å². The highest BCUT2D eigenvalue weighted by molar-refractivity contribution is 9.10. The van der Waals surface area contributed by atoms with Crippen LogP contribution in [0, 0.1) is 0 Å². The number of aliphatic hydroxyl groups is 2. The quantitative estimate of drug-likeness (QED) is 0.815. The third-order valence-electron chi connectivity index (χ3n) is 2.11. The highest BCUT2D eigenvalue weighted by Crippen LogP contribution is 2.24. The predicted octanol–water partition coefficient (Wildman–Crippen LogP) is 1.94. The topological polar surface area (TPSA) is 79.4 Å². The Balaban J connectivity index is 2.03. The van der Waals surface area contributed by atoms with Crippen LogP contribution in [0.3, 0.4) is 0 Å². The predicted molar refractivity (Wildman–Crippen MR) is 71.3 cm³/mol.